The summed E-state index contributed by atoms with van der Waals surface area (Å²) in [5, 5.41) is 4.61. The molecule has 2 amide bonds. The molecule has 0 aliphatic heterocycles. The minimum absolute atomic E-state index is 0.285. The number of rotatable bonds is 7. The van der Waals surface area contributed by atoms with Crippen molar-refractivity contribution in [3.63, 3.8) is 0 Å². The van der Waals surface area contributed by atoms with Crippen LogP contribution >= 0.6 is 0 Å². The predicted molar refractivity (Wildman–Crippen MR) is 93.4 cm³/mol. The number of amides is 2. The zero-order valence-electron chi connectivity index (χ0n) is 15.2. The summed E-state index contributed by atoms with van der Waals surface area (Å²) in [6.07, 6.45) is 0. The molecule has 0 radical (unpaired) electrons. The van der Waals surface area contributed by atoms with Crippen LogP contribution in [0.25, 0.3) is 0 Å². The molecule has 0 saturated heterocycles. The summed E-state index contributed by atoms with van der Waals surface area (Å²) in [7, 11) is 4.23. The van der Waals surface area contributed by atoms with Gasteiger partial charge < -0.3 is 24.8 Å². The predicted octanol–water partition coefficient (Wildman–Crippen LogP) is 2.50. The average molecular weight is 398 g/mol. The van der Waals surface area contributed by atoms with E-state index >= 15 is 0 Å². The summed E-state index contributed by atoms with van der Waals surface area (Å²) in [5.74, 6) is -5.64. The number of methoxy groups -OCH3 is 3. The van der Waals surface area contributed by atoms with Crippen molar-refractivity contribution in [1.29, 1.82) is 0 Å². The van der Waals surface area contributed by atoms with Crippen LogP contribution in [-0.4, -0.2) is 39.7 Å². The van der Waals surface area contributed by atoms with Gasteiger partial charge in [-0.15, -0.1) is 0 Å². The quantitative estimate of drug-likeness (QED) is 0.700. The fourth-order valence-corrected chi connectivity index (χ4v) is 2.32. The van der Waals surface area contributed by atoms with E-state index in [0.717, 1.165) is 6.07 Å². The smallest absolute Gasteiger partial charge is 0.254 e. The molecular weight excluding hydrogens is 381 g/mol. The monoisotopic (exact) mass is 398 g/mol. The summed E-state index contributed by atoms with van der Waals surface area (Å²) < 4.78 is 55.2. The van der Waals surface area contributed by atoms with Gasteiger partial charge in [-0.05, 0) is 12.1 Å². The highest BCUT2D eigenvalue weighted by atomic mass is 19.2. The van der Waals surface area contributed by atoms with Crippen LogP contribution in [0.5, 0.6) is 17.2 Å². The number of hydrogen-bond donors (Lipinski definition) is 2. The van der Waals surface area contributed by atoms with Crippen LogP contribution in [0.4, 0.5) is 18.9 Å². The SMILES string of the molecule is COc1cc(NC(=O)CNC(=O)c2ccc(F)c(F)c2F)cc(OC)c1OC. The highest BCUT2D eigenvalue weighted by molar-refractivity contribution is 5.99. The first-order valence-electron chi connectivity index (χ1n) is 7.83. The van der Waals surface area contributed by atoms with E-state index < -0.39 is 41.4 Å². The number of nitrogens with one attached hydrogen (secondary N) is 2. The Hall–Kier alpha value is -3.43. The Morgan fingerprint density at radius 1 is 0.929 bits per heavy atom. The third-order valence-corrected chi connectivity index (χ3v) is 3.64. The molecule has 0 bridgehead atoms. The van der Waals surface area contributed by atoms with Crippen LogP contribution in [0.3, 0.4) is 0 Å². The molecule has 150 valence electrons. The van der Waals surface area contributed by atoms with Gasteiger partial charge in [0.15, 0.2) is 29.0 Å². The molecule has 2 rings (SSSR count). The molecule has 2 aromatic rings. The third kappa shape index (κ3) is 4.45. The number of hydrogen-bond acceptors (Lipinski definition) is 5. The normalized spacial score (nSPS) is 10.2. The molecule has 0 fully saturated rings. The van der Waals surface area contributed by atoms with Crippen molar-refractivity contribution in [1.82, 2.24) is 5.32 Å². The number of halogens is 3. The Morgan fingerprint density at radius 2 is 1.54 bits per heavy atom. The lowest BCUT2D eigenvalue weighted by molar-refractivity contribution is -0.115. The molecule has 28 heavy (non-hydrogen) atoms. The zero-order valence-corrected chi connectivity index (χ0v) is 15.2. The third-order valence-electron chi connectivity index (χ3n) is 3.64. The number of ether oxygens (including phenoxy) is 3. The van der Waals surface area contributed by atoms with Crippen molar-refractivity contribution in [3.05, 3.63) is 47.3 Å². The zero-order chi connectivity index (χ0) is 20.8. The van der Waals surface area contributed by atoms with Gasteiger partial charge >= 0.3 is 0 Å². The van der Waals surface area contributed by atoms with E-state index in [1.165, 1.54) is 33.5 Å². The molecule has 0 heterocycles. The van der Waals surface area contributed by atoms with Crippen molar-refractivity contribution in [2.45, 2.75) is 0 Å². The van der Waals surface area contributed by atoms with Gasteiger partial charge in [0.2, 0.25) is 11.7 Å². The van der Waals surface area contributed by atoms with Gasteiger partial charge in [-0.3, -0.25) is 9.59 Å². The fourth-order valence-electron chi connectivity index (χ4n) is 2.32. The van der Waals surface area contributed by atoms with Crippen LogP contribution in [0.2, 0.25) is 0 Å². The molecule has 0 aliphatic rings. The first-order chi connectivity index (χ1) is 13.3. The van der Waals surface area contributed by atoms with E-state index in [1.54, 1.807) is 0 Å². The topological polar surface area (TPSA) is 85.9 Å². The van der Waals surface area contributed by atoms with Gasteiger partial charge in [-0.1, -0.05) is 0 Å². The summed E-state index contributed by atoms with van der Waals surface area (Å²) in [6, 6.07) is 4.33. The van der Waals surface area contributed by atoms with E-state index in [2.05, 4.69) is 10.6 Å². The molecule has 2 aromatic carbocycles. The van der Waals surface area contributed by atoms with Crippen molar-refractivity contribution >= 4 is 17.5 Å². The van der Waals surface area contributed by atoms with E-state index in [1.807, 2.05) is 0 Å². The Kier molecular flexibility index (Phi) is 6.69. The maximum atomic E-state index is 13.6. The van der Waals surface area contributed by atoms with Gasteiger partial charge in [0.1, 0.15) is 0 Å². The van der Waals surface area contributed by atoms with Crippen molar-refractivity contribution < 1.29 is 37.0 Å². The van der Waals surface area contributed by atoms with Crippen molar-refractivity contribution in [3.8, 4) is 17.2 Å². The first-order valence-corrected chi connectivity index (χ1v) is 7.83. The molecule has 0 unspecified atom stereocenters. The lowest BCUT2D eigenvalue weighted by atomic mass is 10.2. The number of benzene rings is 2. The lowest BCUT2D eigenvalue weighted by Gasteiger charge is -2.14. The van der Waals surface area contributed by atoms with E-state index in [9.17, 15) is 22.8 Å². The van der Waals surface area contributed by atoms with Gasteiger partial charge in [-0.2, -0.15) is 0 Å². The van der Waals surface area contributed by atoms with Gasteiger partial charge in [-0.25, -0.2) is 13.2 Å². The van der Waals surface area contributed by atoms with Crippen LogP contribution in [0.1, 0.15) is 10.4 Å². The van der Waals surface area contributed by atoms with Crippen LogP contribution in [0.15, 0.2) is 24.3 Å². The van der Waals surface area contributed by atoms with Crippen LogP contribution < -0.4 is 24.8 Å². The second kappa shape index (κ2) is 8.98. The van der Waals surface area contributed by atoms with Gasteiger partial charge in [0, 0.05) is 17.8 Å². The van der Waals surface area contributed by atoms with Crippen molar-refractivity contribution in [2.75, 3.05) is 33.2 Å². The maximum absolute atomic E-state index is 13.6. The number of carbonyl (C=O) groups is 2. The summed E-state index contributed by atoms with van der Waals surface area (Å²) in [6.45, 7) is -0.548. The minimum Gasteiger partial charge on any atom is -0.493 e. The molecule has 0 aliphatic carbocycles. The lowest BCUT2D eigenvalue weighted by Crippen LogP contribution is -2.33. The van der Waals surface area contributed by atoms with E-state index in [4.69, 9.17) is 14.2 Å². The molecule has 7 nitrogen and oxygen atoms in total. The summed E-state index contributed by atoms with van der Waals surface area (Å²) in [4.78, 5) is 23.9. The van der Waals surface area contributed by atoms with Gasteiger partial charge in [0.05, 0.1) is 33.4 Å². The second-order valence-electron chi connectivity index (χ2n) is 5.37. The van der Waals surface area contributed by atoms with Crippen LogP contribution in [-0.2, 0) is 4.79 Å². The van der Waals surface area contributed by atoms with Gasteiger partial charge in [0.25, 0.3) is 5.91 Å². The fraction of sp³-hybridized carbons (Fsp3) is 0.222. The Morgan fingerprint density at radius 3 is 2.07 bits per heavy atom. The maximum Gasteiger partial charge on any atom is 0.254 e. The van der Waals surface area contributed by atoms with Crippen LogP contribution in [0, 0.1) is 17.5 Å². The highest BCUT2D eigenvalue weighted by Crippen LogP contribution is 2.39. The Labute approximate surface area is 158 Å². The Bertz CT molecular complexity index is 880. The minimum atomic E-state index is -1.77. The summed E-state index contributed by atoms with van der Waals surface area (Å²) >= 11 is 0. The second-order valence-corrected chi connectivity index (χ2v) is 5.37. The largest absolute Gasteiger partial charge is 0.493 e. The molecule has 2 N–H and O–H groups in total. The highest BCUT2D eigenvalue weighted by Gasteiger charge is 2.19. The molecule has 0 atom stereocenters. The Balaban J connectivity index is 2.07. The van der Waals surface area contributed by atoms with Crippen molar-refractivity contribution in [2.24, 2.45) is 0 Å². The first kappa shape index (κ1) is 20.9. The summed E-state index contributed by atoms with van der Waals surface area (Å²) in [5.41, 5.74) is -0.438. The average Bonchev–Trinajstić information content (AvgIpc) is 2.69. The number of carbonyl (C=O) groups excluding carboxylic acids is 2. The number of anilines is 1. The molecule has 10 heteroatoms. The molecular formula is C18H17F3N2O5. The molecule has 0 saturated carbocycles. The van der Waals surface area contributed by atoms with E-state index in [0.29, 0.717) is 23.3 Å². The standard InChI is InChI=1S/C18H17F3N2O5/c1-26-12-6-9(7-13(27-2)17(12)28-3)23-14(24)8-22-18(25)10-4-5-11(19)16(21)15(10)20/h4-7H,8H2,1-3H3,(H,22,25)(H,23,24). The molecule has 0 spiro atoms. The molecule has 0 aromatic heterocycles. The van der Waals surface area contributed by atoms with E-state index in [-0.39, 0.29) is 5.69 Å².